The smallest absolute Gasteiger partial charge is 0.790 e. The maximum atomic E-state index is 8.66. The van der Waals surface area contributed by atoms with Crippen molar-refractivity contribution in [1.29, 1.82) is 0 Å². The molecule has 64 valence electrons. The molecule has 0 rings (SSSR count). The molecule has 0 radical (unpaired) electrons. The largest absolute Gasteiger partial charge is 4.00 e. The first-order chi connectivity index (χ1) is 4.00. The van der Waals surface area contributed by atoms with E-state index in [1.54, 1.807) is 0 Å². The maximum Gasteiger partial charge on any atom is 4.00 e. The zero-order chi connectivity index (χ0) is 9.00. The van der Waals surface area contributed by atoms with Gasteiger partial charge < -0.3 is 38.5 Å². The minimum atomic E-state index is -5.14. The van der Waals surface area contributed by atoms with Gasteiger partial charge in [0.25, 0.3) is 0 Å². The van der Waals surface area contributed by atoms with Crippen LogP contribution in [0.2, 0.25) is 0 Å². The van der Waals surface area contributed by atoms with Gasteiger partial charge in [-0.25, -0.2) is 0 Å². The van der Waals surface area contributed by atoms with Gasteiger partial charge >= 0.3 is 25.8 Å². The van der Waals surface area contributed by atoms with Crippen molar-refractivity contribution in [2.45, 2.75) is 0 Å². The first-order valence-corrected chi connectivity index (χ1v) is 4.49. The minimum Gasteiger partial charge on any atom is -0.790 e. The molecule has 0 aliphatic carbocycles. The second kappa shape index (κ2) is 6.59. The van der Waals surface area contributed by atoms with Gasteiger partial charge in [0, 0.05) is 0 Å². The number of phosphoric acid groups is 2. The molecule has 0 saturated carbocycles. The third kappa shape index (κ3) is 771. The number of hydrogen-bond acceptors (Lipinski definition) is 6. The van der Waals surface area contributed by atoms with E-state index < -0.39 is 15.6 Å². The van der Waals surface area contributed by atoms with Crippen LogP contribution in [0, 0.1) is 0 Å². The van der Waals surface area contributed by atoms with Gasteiger partial charge in [-0.05, 0) is 0 Å². The Labute approximate surface area is 80.2 Å². The zero-order valence-corrected chi connectivity index (χ0v) is 10.1. The predicted molar refractivity (Wildman–Crippen MR) is 19.7 cm³/mol. The van der Waals surface area contributed by atoms with Gasteiger partial charge in [0.1, 0.15) is 0 Å². The molecule has 0 unspecified atom stereocenters. The molecule has 0 amide bonds. The molecule has 11 heteroatoms. The summed E-state index contributed by atoms with van der Waals surface area (Å²) in [4.78, 5) is 48.6. The fraction of sp³-hybridized carbons (Fsp3) is 0. The summed E-state index contributed by atoms with van der Waals surface area (Å²) in [7, 11) is -10.3. The molecule has 0 spiro atoms. The number of rotatable bonds is 0. The Morgan fingerprint density at radius 1 is 0.818 bits per heavy atom. The molecule has 0 fully saturated rings. The fourth-order valence-corrected chi connectivity index (χ4v) is 0. The summed E-state index contributed by atoms with van der Waals surface area (Å²) in [5.74, 6) is 0. The topological polar surface area (TPSA) is 167 Å². The summed E-state index contributed by atoms with van der Waals surface area (Å²) in [5, 5.41) is 0. The first-order valence-electron chi connectivity index (χ1n) is 1.50. The maximum absolute atomic E-state index is 8.66. The summed E-state index contributed by atoms with van der Waals surface area (Å²) in [5.41, 5.74) is 0. The van der Waals surface area contributed by atoms with Crippen LogP contribution in [0.15, 0.2) is 0 Å². The Morgan fingerprint density at radius 3 is 0.818 bits per heavy atom. The minimum absolute atomic E-state index is 0. The van der Waals surface area contributed by atoms with Crippen LogP contribution in [0.3, 0.4) is 0 Å². The van der Waals surface area contributed by atoms with Crippen molar-refractivity contribution >= 4 is 15.6 Å². The monoisotopic (exact) mass is 372 g/mol. The van der Waals surface area contributed by atoms with Crippen molar-refractivity contribution in [2.24, 2.45) is 0 Å². The third-order valence-corrected chi connectivity index (χ3v) is 0. The van der Waals surface area contributed by atoms with E-state index in [9.17, 15) is 0 Å². The van der Waals surface area contributed by atoms with Gasteiger partial charge in [-0.15, -0.1) is 0 Å². The van der Waals surface area contributed by atoms with Crippen molar-refractivity contribution in [3.8, 4) is 0 Å². The van der Waals surface area contributed by atoms with Gasteiger partial charge in [-0.1, -0.05) is 0 Å². The molecule has 0 aliphatic heterocycles. The van der Waals surface area contributed by atoms with E-state index in [0.717, 1.165) is 0 Å². The van der Waals surface area contributed by atoms with Crippen molar-refractivity contribution in [2.75, 3.05) is 0 Å². The molecule has 0 heterocycles. The Kier molecular flexibility index (Phi) is 10.8. The quantitative estimate of drug-likeness (QED) is 0.318. The molecular formula is H2HfO8P2. The van der Waals surface area contributed by atoms with E-state index in [4.69, 9.17) is 38.5 Å². The van der Waals surface area contributed by atoms with Crippen molar-refractivity contribution in [3.63, 3.8) is 0 Å². The fourth-order valence-electron chi connectivity index (χ4n) is 0. The van der Waals surface area contributed by atoms with Gasteiger partial charge in [-0.2, -0.15) is 0 Å². The van der Waals surface area contributed by atoms with E-state index in [2.05, 4.69) is 0 Å². The summed E-state index contributed by atoms with van der Waals surface area (Å²) >= 11 is 0. The normalized spacial score (nSPS) is 10.7. The van der Waals surface area contributed by atoms with Gasteiger partial charge in [0.15, 0.2) is 0 Å². The molecule has 0 atom stereocenters. The molecule has 0 aromatic rings. The Hall–Kier alpha value is 1.09. The summed E-state index contributed by atoms with van der Waals surface area (Å²) in [6.45, 7) is 0. The van der Waals surface area contributed by atoms with Gasteiger partial charge in [-0.3, -0.25) is 0 Å². The SMILES string of the molecule is O=P([O-])([O-])O.O=P([O-])([O-])O.[Hf+4]. The number of hydrogen-bond donors (Lipinski definition) is 2. The molecule has 0 bridgehead atoms. The predicted octanol–water partition coefficient (Wildman–Crippen LogP) is -4.39. The third-order valence-electron chi connectivity index (χ3n) is 0. The van der Waals surface area contributed by atoms with E-state index in [1.165, 1.54) is 0 Å². The Bertz CT molecular complexity index is 124. The zero-order valence-electron chi connectivity index (χ0n) is 4.74. The molecular weight excluding hydrogens is 368 g/mol. The van der Waals surface area contributed by atoms with Crippen molar-refractivity contribution < 1.29 is 64.3 Å². The van der Waals surface area contributed by atoms with Crippen LogP contribution >= 0.6 is 15.6 Å². The summed E-state index contributed by atoms with van der Waals surface area (Å²) < 4.78 is 17.3. The average molecular weight is 370 g/mol. The standard InChI is InChI=1S/Hf.2H3O4P/c;2*1-5(2,3)4/h;2*(H3,1,2,3,4)/q+4;;/p-4. The molecule has 0 saturated heterocycles. The molecule has 2 N–H and O–H groups in total. The molecule has 11 heavy (non-hydrogen) atoms. The van der Waals surface area contributed by atoms with Crippen LogP contribution in [0.4, 0.5) is 0 Å². The van der Waals surface area contributed by atoms with Crippen molar-refractivity contribution in [1.82, 2.24) is 0 Å². The molecule has 8 nitrogen and oxygen atoms in total. The van der Waals surface area contributed by atoms with E-state index >= 15 is 0 Å². The molecule has 0 aromatic heterocycles. The average Bonchev–Trinajstić information content (AvgIpc) is 1.12. The Balaban J connectivity index is -0.000000107. The van der Waals surface area contributed by atoms with Gasteiger partial charge in [0.05, 0.1) is 15.6 Å². The van der Waals surface area contributed by atoms with Crippen LogP contribution in [0.1, 0.15) is 0 Å². The first kappa shape index (κ1) is 18.0. The van der Waals surface area contributed by atoms with Crippen LogP contribution in [-0.4, -0.2) is 9.79 Å². The van der Waals surface area contributed by atoms with Crippen molar-refractivity contribution in [3.05, 3.63) is 0 Å². The molecule has 0 aromatic carbocycles. The Morgan fingerprint density at radius 2 is 0.818 bits per heavy atom. The van der Waals surface area contributed by atoms with Crippen LogP contribution in [0.5, 0.6) is 0 Å². The summed E-state index contributed by atoms with van der Waals surface area (Å²) in [6.07, 6.45) is 0. The summed E-state index contributed by atoms with van der Waals surface area (Å²) in [6, 6.07) is 0. The van der Waals surface area contributed by atoms with Crippen LogP contribution in [0.25, 0.3) is 0 Å². The van der Waals surface area contributed by atoms with Crippen LogP contribution in [-0.2, 0) is 35.0 Å². The second-order valence-corrected chi connectivity index (χ2v) is 2.81. The second-order valence-electron chi connectivity index (χ2n) is 0.937. The van der Waals surface area contributed by atoms with E-state index in [1.807, 2.05) is 0 Å². The van der Waals surface area contributed by atoms with Gasteiger partial charge in [0.2, 0.25) is 0 Å². The van der Waals surface area contributed by atoms with E-state index in [-0.39, 0.29) is 25.8 Å². The van der Waals surface area contributed by atoms with Crippen LogP contribution < -0.4 is 19.6 Å². The molecule has 0 aliphatic rings. The van der Waals surface area contributed by atoms with E-state index in [0.29, 0.717) is 0 Å².